The predicted molar refractivity (Wildman–Crippen MR) is 68.6 cm³/mol. The molecule has 0 saturated carbocycles. The molecule has 0 bridgehead atoms. The summed E-state index contributed by atoms with van der Waals surface area (Å²) in [5, 5.41) is 5.58. The summed E-state index contributed by atoms with van der Waals surface area (Å²) in [4.78, 5) is 6.92. The molecule has 0 spiro atoms. The number of nitrogens with zero attached hydrogens (tertiary/aromatic N) is 2. The van der Waals surface area contributed by atoms with E-state index in [0.29, 0.717) is 18.0 Å². The van der Waals surface area contributed by atoms with Crippen molar-refractivity contribution < 1.29 is 0 Å². The molecular weight excluding hydrogens is 218 g/mol. The topological polar surface area (TPSA) is 28.2 Å². The monoisotopic (exact) mass is 239 g/mol. The van der Waals surface area contributed by atoms with Gasteiger partial charge >= 0.3 is 0 Å². The lowest BCUT2D eigenvalue weighted by Gasteiger charge is -2.42. The lowest BCUT2D eigenvalue weighted by Crippen LogP contribution is -2.52. The van der Waals surface area contributed by atoms with Crippen molar-refractivity contribution in [2.75, 3.05) is 13.6 Å². The van der Waals surface area contributed by atoms with Gasteiger partial charge in [0, 0.05) is 30.6 Å². The van der Waals surface area contributed by atoms with Crippen molar-refractivity contribution in [3.05, 3.63) is 16.6 Å². The molecule has 4 heteroatoms. The van der Waals surface area contributed by atoms with Gasteiger partial charge in [-0.2, -0.15) is 0 Å². The van der Waals surface area contributed by atoms with E-state index in [9.17, 15) is 0 Å². The lowest BCUT2D eigenvalue weighted by molar-refractivity contribution is 0.0801. The van der Waals surface area contributed by atoms with E-state index >= 15 is 0 Å². The Hall–Kier alpha value is -0.450. The highest BCUT2D eigenvalue weighted by atomic mass is 32.1. The molecule has 3 nitrogen and oxygen atoms in total. The normalized spacial score (nSPS) is 31.8. The summed E-state index contributed by atoms with van der Waals surface area (Å²) < 4.78 is 0. The third-order valence-electron chi connectivity index (χ3n) is 3.92. The molecule has 0 aliphatic carbocycles. The third-order valence-corrected chi connectivity index (χ3v) is 4.55. The minimum Gasteiger partial charge on any atom is -0.317 e. The summed E-state index contributed by atoms with van der Waals surface area (Å²) >= 11 is 1.69. The van der Waals surface area contributed by atoms with Gasteiger partial charge in [-0.25, -0.2) is 4.98 Å². The van der Waals surface area contributed by atoms with Crippen LogP contribution in [0, 0.1) is 5.92 Å². The predicted octanol–water partition coefficient (Wildman–Crippen LogP) is 1.96. The van der Waals surface area contributed by atoms with Crippen LogP contribution in [0.3, 0.4) is 0 Å². The number of thiazole rings is 1. The summed E-state index contributed by atoms with van der Waals surface area (Å²) in [6.45, 7) is 6.86. The Bertz CT molecular complexity index is 312. The first-order valence-corrected chi connectivity index (χ1v) is 6.95. The average molecular weight is 239 g/mol. The Balaban J connectivity index is 1.97. The lowest BCUT2D eigenvalue weighted by atomic mass is 9.87. The van der Waals surface area contributed by atoms with Gasteiger partial charge in [0.1, 0.15) is 0 Å². The molecule has 3 unspecified atom stereocenters. The van der Waals surface area contributed by atoms with Crippen LogP contribution in [-0.2, 0) is 6.54 Å². The summed E-state index contributed by atoms with van der Waals surface area (Å²) in [5.41, 5.74) is 3.14. The van der Waals surface area contributed by atoms with Crippen LogP contribution in [0.4, 0.5) is 0 Å². The van der Waals surface area contributed by atoms with E-state index < -0.39 is 0 Å². The van der Waals surface area contributed by atoms with Crippen molar-refractivity contribution in [1.29, 1.82) is 0 Å². The summed E-state index contributed by atoms with van der Waals surface area (Å²) in [7, 11) is 2.07. The average Bonchev–Trinajstić information content (AvgIpc) is 2.78. The molecule has 16 heavy (non-hydrogen) atoms. The van der Waals surface area contributed by atoms with Crippen LogP contribution in [0.5, 0.6) is 0 Å². The zero-order valence-corrected chi connectivity index (χ0v) is 11.1. The van der Waals surface area contributed by atoms with Crippen LogP contribution in [-0.4, -0.2) is 35.6 Å². The van der Waals surface area contributed by atoms with Crippen LogP contribution in [0.25, 0.3) is 0 Å². The fraction of sp³-hybridized carbons (Fsp3) is 0.750. The summed E-state index contributed by atoms with van der Waals surface area (Å²) in [5.74, 6) is 0.706. The van der Waals surface area contributed by atoms with E-state index in [1.165, 1.54) is 18.7 Å². The Labute approximate surface area is 102 Å². The van der Waals surface area contributed by atoms with Crippen molar-refractivity contribution in [1.82, 2.24) is 15.2 Å². The van der Waals surface area contributed by atoms with Crippen molar-refractivity contribution >= 4 is 11.3 Å². The zero-order chi connectivity index (χ0) is 11.5. The number of hydrogen-bond acceptors (Lipinski definition) is 4. The molecule has 1 aliphatic rings. The van der Waals surface area contributed by atoms with Crippen molar-refractivity contribution in [3.63, 3.8) is 0 Å². The minimum atomic E-state index is 0.632. The summed E-state index contributed by atoms with van der Waals surface area (Å²) in [6, 6.07) is 1.30. The maximum atomic E-state index is 4.37. The van der Waals surface area contributed by atoms with Gasteiger partial charge in [-0.15, -0.1) is 11.3 Å². The van der Waals surface area contributed by atoms with Gasteiger partial charge in [-0.1, -0.05) is 6.92 Å². The Kier molecular flexibility index (Phi) is 3.95. The molecule has 90 valence electrons. The van der Waals surface area contributed by atoms with Gasteiger partial charge in [0.15, 0.2) is 0 Å². The Morgan fingerprint density at radius 3 is 3.00 bits per heavy atom. The highest BCUT2D eigenvalue weighted by molar-refractivity contribution is 7.07. The second kappa shape index (κ2) is 5.25. The van der Waals surface area contributed by atoms with Crippen LogP contribution in [0.2, 0.25) is 0 Å². The van der Waals surface area contributed by atoms with E-state index in [1.54, 1.807) is 11.3 Å². The molecule has 1 N–H and O–H groups in total. The molecule has 0 aromatic carbocycles. The number of piperidine rings is 1. The first kappa shape index (κ1) is 12.0. The van der Waals surface area contributed by atoms with Crippen molar-refractivity contribution in [2.24, 2.45) is 5.92 Å². The van der Waals surface area contributed by atoms with E-state index in [0.717, 1.165) is 6.54 Å². The molecule has 2 rings (SSSR count). The zero-order valence-electron chi connectivity index (χ0n) is 10.3. The molecule has 1 saturated heterocycles. The maximum Gasteiger partial charge on any atom is 0.0795 e. The van der Waals surface area contributed by atoms with Crippen LogP contribution in [0.1, 0.15) is 26.0 Å². The molecular formula is C12H21N3S. The highest BCUT2D eigenvalue weighted by Crippen LogP contribution is 2.24. The number of hydrogen-bond donors (Lipinski definition) is 1. The molecule has 0 radical (unpaired) electrons. The SMILES string of the molecule is CNC1CCN(Cc2cscn2)C(C)C1C. The first-order chi connectivity index (χ1) is 7.72. The maximum absolute atomic E-state index is 4.37. The van der Waals surface area contributed by atoms with Crippen LogP contribution >= 0.6 is 11.3 Å². The largest absolute Gasteiger partial charge is 0.317 e. The van der Waals surface area contributed by atoms with Gasteiger partial charge in [0.2, 0.25) is 0 Å². The molecule has 3 atom stereocenters. The van der Waals surface area contributed by atoms with E-state index in [4.69, 9.17) is 0 Å². The minimum absolute atomic E-state index is 0.632. The number of nitrogens with one attached hydrogen (secondary N) is 1. The van der Waals surface area contributed by atoms with Crippen LogP contribution in [0.15, 0.2) is 10.9 Å². The van der Waals surface area contributed by atoms with Gasteiger partial charge in [-0.3, -0.25) is 4.90 Å². The van der Waals surface area contributed by atoms with Gasteiger partial charge in [0.25, 0.3) is 0 Å². The third kappa shape index (κ3) is 2.44. The first-order valence-electron chi connectivity index (χ1n) is 6.00. The molecule has 0 amide bonds. The van der Waals surface area contributed by atoms with E-state index in [-0.39, 0.29) is 0 Å². The van der Waals surface area contributed by atoms with Crippen LogP contribution < -0.4 is 5.32 Å². The highest BCUT2D eigenvalue weighted by Gasteiger charge is 2.31. The fourth-order valence-corrected chi connectivity index (χ4v) is 3.14. The number of rotatable bonds is 3. The van der Waals surface area contributed by atoms with Gasteiger partial charge in [0.05, 0.1) is 11.2 Å². The quantitative estimate of drug-likeness (QED) is 0.874. The summed E-state index contributed by atoms with van der Waals surface area (Å²) in [6.07, 6.45) is 1.24. The number of likely N-dealkylation sites (tertiary alicyclic amines) is 1. The Morgan fingerprint density at radius 2 is 2.38 bits per heavy atom. The molecule has 1 aromatic rings. The molecule has 1 aliphatic heterocycles. The van der Waals surface area contributed by atoms with Crippen molar-refractivity contribution in [3.8, 4) is 0 Å². The second-order valence-corrected chi connectivity index (χ2v) is 5.45. The van der Waals surface area contributed by atoms with Gasteiger partial charge < -0.3 is 5.32 Å². The molecule has 1 aromatic heterocycles. The number of aromatic nitrogens is 1. The smallest absolute Gasteiger partial charge is 0.0795 e. The Morgan fingerprint density at radius 1 is 1.56 bits per heavy atom. The van der Waals surface area contributed by atoms with Crippen molar-refractivity contribution in [2.45, 2.75) is 38.9 Å². The van der Waals surface area contributed by atoms with E-state index in [1.807, 2.05) is 5.51 Å². The molecule has 2 heterocycles. The standard InChI is InChI=1S/C12H21N3S/c1-9-10(2)15(5-4-12(9)13-3)6-11-7-16-8-14-11/h7-10,12-13H,4-6H2,1-3H3. The van der Waals surface area contributed by atoms with Gasteiger partial charge in [-0.05, 0) is 26.3 Å². The second-order valence-electron chi connectivity index (χ2n) is 4.73. The molecule has 1 fully saturated rings. The fourth-order valence-electron chi connectivity index (χ4n) is 2.59. The van der Waals surface area contributed by atoms with E-state index in [2.05, 4.69) is 41.5 Å².